The molecule has 2 heterocycles. The number of carbonyl (C=O) groups is 2. The van der Waals surface area contributed by atoms with Crippen LogP contribution in [0.1, 0.15) is 24.4 Å². The summed E-state index contributed by atoms with van der Waals surface area (Å²) in [5, 5.41) is 2.40. The molecule has 2 fully saturated rings. The van der Waals surface area contributed by atoms with Crippen molar-refractivity contribution in [2.24, 2.45) is 0 Å². The fraction of sp³-hybridized carbons (Fsp3) is 0.385. The molecule has 18 heavy (non-hydrogen) atoms. The summed E-state index contributed by atoms with van der Waals surface area (Å²) >= 11 is 0. The van der Waals surface area contributed by atoms with Crippen molar-refractivity contribution < 1.29 is 14.0 Å². The van der Waals surface area contributed by atoms with Gasteiger partial charge in [0, 0.05) is 6.54 Å². The Morgan fingerprint density at radius 3 is 2.61 bits per heavy atom. The van der Waals surface area contributed by atoms with Gasteiger partial charge in [-0.05, 0) is 30.5 Å². The molecule has 0 radical (unpaired) electrons. The highest BCUT2D eigenvalue weighted by Gasteiger charge is 2.44. The quantitative estimate of drug-likeness (QED) is 0.754. The summed E-state index contributed by atoms with van der Waals surface area (Å²) in [6, 6.07) is 5.18. The number of nitrogens with one attached hydrogen (secondary N) is 1. The Hall–Kier alpha value is -1.75. The molecule has 0 unspecified atom stereocenters. The number of halogens is 1. The van der Waals surface area contributed by atoms with Crippen molar-refractivity contribution in [2.45, 2.75) is 24.9 Å². The lowest BCUT2D eigenvalue weighted by Crippen LogP contribution is -2.56. The summed E-state index contributed by atoms with van der Waals surface area (Å²) in [5.41, 5.74) is 0.730. The van der Waals surface area contributed by atoms with Gasteiger partial charge in [-0.25, -0.2) is 4.39 Å². The molecular formula is C13H13FN2O2. The third kappa shape index (κ3) is 1.71. The molecule has 2 aliphatic heterocycles. The topological polar surface area (TPSA) is 49.4 Å². The molecule has 1 N–H and O–H groups in total. The maximum atomic E-state index is 12.9. The molecule has 5 heteroatoms. The van der Waals surface area contributed by atoms with Gasteiger partial charge in [0.15, 0.2) is 0 Å². The van der Waals surface area contributed by atoms with E-state index in [1.807, 2.05) is 4.90 Å². The van der Waals surface area contributed by atoms with Crippen molar-refractivity contribution in [3.05, 3.63) is 35.6 Å². The molecule has 2 aliphatic rings. The Morgan fingerprint density at radius 2 is 1.89 bits per heavy atom. The van der Waals surface area contributed by atoms with Crippen molar-refractivity contribution in [3.63, 3.8) is 0 Å². The second kappa shape index (κ2) is 4.17. The van der Waals surface area contributed by atoms with E-state index in [0.29, 0.717) is 0 Å². The second-order valence-electron chi connectivity index (χ2n) is 4.70. The summed E-state index contributed by atoms with van der Waals surface area (Å²) in [6.45, 7) is 0.728. The van der Waals surface area contributed by atoms with Gasteiger partial charge in [0.25, 0.3) is 0 Å². The zero-order chi connectivity index (χ0) is 12.7. The molecule has 3 rings (SSSR count). The average Bonchev–Trinajstić information content (AvgIpc) is 2.81. The van der Waals surface area contributed by atoms with Gasteiger partial charge in [0.1, 0.15) is 11.9 Å². The number of hydrogen-bond donors (Lipinski definition) is 1. The molecular weight excluding hydrogens is 235 g/mol. The first-order chi connectivity index (χ1) is 8.66. The number of benzene rings is 1. The number of piperazine rings is 1. The number of amides is 2. The molecule has 1 aromatic rings. The Labute approximate surface area is 104 Å². The third-order valence-corrected chi connectivity index (χ3v) is 3.61. The van der Waals surface area contributed by atoms with Gasteiger partial charge < -0.3 is 0 Å². The fourth-order valence-electron chi connectivity index (χ4n) is 2.79. The molecule has 4 nitrogen and oxygen atoms in total. The molecule has 0 aromatic heterocycles. The molecule has 1 aromatic carbocycles. The van der Waals surface area contributed by atoms with E-state index in [0.717, 1.165) is 24.9 Å². The van der Waals surface area contributed by atoms with Crippen molar-refractivity contribution in [1.29, 1.82) is 0 Å². The van der Waals surface area contributed by atoms with Crippen LogP contribution >= 0.6 is 0 Å². The number of fused-ring (bicyclic) bond motifs is 1. The van der Waals surface area contributed by atoms with Crippen molar-refractivity contribution in [2.75, 3.05) is 6.54 Å². The minimum absolute atomic E-state index is 0.212. The van der Waals surface area contributed by atoms with Gasteiger partial charge in [-0.3, -0.25) is 19.8 Å². The molecule has 0 saturated carbocycles. The van der Waals surface area contributed by atoms with E-state index in [1.54, 1.807) is 12.1 Å². The normalized spacial score (nSPS) is 28.1. The predicted octanol–water partition coefficient (Wildman–Crippen LogP) is 0.988. The molecule has 2 atom stereocenters. The SMILES string of the molecule is O=C1NC(=O)[C@@H]2CCCN2[C@H]1c1ccc(F)cc1. The lowest BCUT2D eigenvalue weighted by Gasteiger charge is -2.35. The Bertz CT molecular complexity index is 500. The molecule has 2 amide bonds. The number of carbonyl (C=O) groups excluding carboxylic acids is 2. The maximum Gasteiger partial charge on any atom is 0.248 e. The van der Waals surface area contributed by atoms with Crippen LogP contribution in [0, 0.1) is 5.82 Å². The first-order valence-corrected chi connectivity index (χ1v) is 6.03. The van der Waals surface area contributed by atoms with Gasteiger partial charge in [-0.1, -0.05) is 12.1 Å². The van der Waals surface area contributed by atoms with E-state index < -0.39 is 6.04 Å². The average molecular weight is 248 g/mol. The molecule has 0 spiro atoms. The summed E-state index contributed by atoms with van der Waals surface area (Å²) in [4.78, 5) is 25.6. The van der Waals surface area contributed by atoms with Crippen LogP contribution in [0.15, 0.2) is 24.3 Å². The van der Waals surface area contributed by atoms with Crippen LogP contribution in [0.2, 0.25) is 0 Å². The van der Waals surface area contributed by atoms with Gasteiger partial charge in [-0.2, -0.15) is 0 Å². The van der Waals surface area contributed by atoms with Crippen molar-refractivity contribution >= 4 is 11.8 Å². The molecule has 0 bridgehead atoms. The van der Waals surface area contributed by atoms with E-state index >= 15 is 0 Å². The standard InChI is InChI=1S/C13H13FN2O2/c14-9-5-3-8(4-6-9)11-13(18)15-12(17)10-2-1-7-16(10)11/h3-6,10-11H,1-2,7H2,(H,15,17,18)/t10-,11-/m0/s1. The monoisotopic (exact) mass is 248 g/mol. The van der Waals surface area contributed by atoms with E-state index in [4.69, 9.17) is 0 Å². The van der Waals surface area contributed by atoms with Gasteiger partial charge in [0.05, 0.1) is 6.04 Å². The summed E-state index contributed by atoms with van der Waals surface area (Å²) < 4.78 is 12.9. The van der Waals surface area contributed by atoms with Crippen LogP contribution in [0.5, 0.6) is 0 Å². The van der Waals surface area contributed by atoms with Crippen LogP contribution in [0.4, 0.5) is 4.39 Å². The fourth-order valence-corrected chi connectivity index (χ4v) is 2.79. The summed E-state index contributed by atoms with van der Waals surface area (Å²) in [6.07, 6.45) is 1.68. The minimum Gasteiger partial charge on any atom is -0.293 e. The van der Waals surface area contributed by atoms with E-state index in [1.165, 1.54) is 12.1 Å². The lowest BCUT2D eigenvalue weighted by molar-refractivity contribution is -0.143. The van der Waals surface area contributed by atoms with Crippen molar-refractivity contribution in [3.8, 4) is 0 Å². The Morgan fingerprint density at radius 1 is 1.17 bits per heavy atom. The zero-order valence-corrected chi connectivity index (χ0v) is 9.73. The highest BCUT2D eigenvalue weighted by atomic mass is 19.1. The zero-order valence-electron chi connectivity index (χ0n) is 9.73. The van der Waals surface area contributed by atoms with Gasteiger partial charge >= 0.3 is 0 Å². The number of nitrogens with zero attached hydrogens (tertiary/aromatic N) is 1. The largest absolute Gasteiger partial charge is 0.293 e. The predicted molar refractivity (Wildman–Crippen MR) is 62.0 cm³/mol. The smallest absolute Gasteiger partial charge is 0.248 e. The minimum atomic E-state index is -0.476. The Balaban J connectivity index is 1.96. The van der Waals surface area contributed by atoms with Crippen LogP contribution in [-0.2, 0) is 9.59 Å². The highest BCUT2D eigenvalue weighted by Crippen LogP contribution is 2.32. The first-order valence-electron chi connectivity index (χ1n) is 6.03. The molecule has 0 aliphatic carbocycles. The highest BCUT2D eigenvalue weighted by molar-refractivity contribution is 6.03. The number of rotatable bonds is 1. The van der Waals surface area contributed by atoms with E-state index in [2.05, 4.69) is 5.32 Å². The molecule has 2 saturated heterocycles. The van der Waals surface area contributed by atoms with E-state index in [-0.39, 0.29) is 23.7 Å². The molecule has 94 valence electrons. The maximum absolute atomic E-state index is 12.9. The second-order valence-corrected chi connectivity index (χ2v) is 4.70. The third-order valence-electron chi connectivity index (χ3n) is 3.61. The van der Waals surface area contributed by atoms with Gasteiger partial charge in [-0.15, -0.1) is 0 Å². The van der Waals surface area contributed by atoms with Crippen LogP contribution in [0.3, 0.4) is 0 Å². The lowest BCUT2D eigenvalue weighted by atomic mass is 10.00. The summed E-state index contributed by atoms with van der Waals surface area (Å²) in [7, 11) is 0. The van der Waals surface area contributed by atoms with Crippen molar-refractivity contribution in [1.82, 2.24) is 10.2 Å². The first kappa shape index (κ1) is 11.3. The van der Waals surface area contributed by atoms with Crippen LogP contribution in [0.25, 0.3) is 0 Å². The van der Waals surface area contributed by atoms with Crippen LogP contribution < -0.4 is 5.32 Å². The van der Waals surface area contributed by atoms with Gasteiger partial charge in [0.2, 0.25) is 11.8 Å². The van der Waals surface area contributed by atoms with E-state index in [9.17, 15) is 14.0 Å². The number of imide groups is 1. The van der Waals surface area contributed by atoms with Crippen LogP contribution in [-0.4, -0.2) is 29.3 Å². The number of hydrogen-bond acceptors (Lipinski definition) is 3. The Kier molecular flexibility index (Phi) is 2.63. The summed E-state index contributed by atoms with van der Waals surface area (Å²) in [5.74, 6) is -0.857.